The van der Waals surface area contributed by atoms with Crippen LogP contribution in [-0.4, -0.2) is 41.1 Å². The van der Waals surface area contributed by atoms with Gasteiger partial charge in [-0.25, -0.2) is 17.6 Å². The monoisotopic (exact) mass is 556 g/mol. The molecule has 0 aromatic heterocycles. The average Bonchev–Trinajstić information content (AvgIpc) is 2.94. The Labute approximate surface area is 218 Å². The van der Waals surface area contributed by atoms with Crippen molar-refractivity contribution in [3.63, 3.8) is 0 Å². The van der Waals surface area contributed by atoms with Gasteiger partial charge in [-0.3, -0.25) is 9.59 Å². The Kier molecular flexibility index (Phi) is 7.22. The Balaban J connectivity index is 1.61. The van der Waals surface area contributed by atoms with Gasteiger partial charge in [0.15, 0.2) is 17.2 Å². The third-order valence-corrected chi connectivity index (χ3v) is 6.62. The Morgan fingerprint density at radius 2 is 1.65 bits per heavy atom. The number of benzene rings is 3. The van der Waals surface area contributed by atoms with Gasteiger partial charge in [0.2, 0.25) is 0 Å². The van der Waals surface area contributed by atoms with Crippen LogP contribution in [0.25, 0.3) is 0 Å². The van der Waals surface area contributed by atoms with Gasteiger partial charge >= 0.3 is 0 Å². The number of rotatable bonds is 4. The maximum Gasteiger partial charge on any atom is 0.284 e. The molecule has 6 nitrogen and oxygen atoms in total. The number of halogens is 6. The van der Waals surface area contributed by atoms with Crippen LogP contribution < -0.4 is 10.2 Å². The van der Waals surface area contributed by atoms with E-state index in [-0.39, 0.29) is 32.5 Å². The fourth-order valence-electron chi connectivity index (χ4n) is 4.01. The first kappa shape index (κ1) is 26.9. The van der Waals surface area contributed by atoms with Crippen molar-refractivity contribution in [1.29, 1.82) is 0 Å². The van der Waals surface area contributed by atoms with Crippen molar-refractivity contribution in [2.24, 2.45) is 0 Å². The first-order valence-corrected chi connectivity index (χ1v) is 11.5. The SMILES string of the molecule is O=C(Nc1ccc(C(=O)N2CCC(F)(F)[C@](O)(CO)c3cc(Cl)ccc32)cc1)c1cc(F)c(F)cc1Cl. The third-order valence-electron chi connectivity index (χ3n) is 6.07. The molecule has 194 valence electrons. The molecule has 0 spiro atoms. The lowest BCUT2D eigenvalue weighted by Gasteiger charge is -2.33. The van der Waals surface area contributed by atoms with Crippen LogP contribution in [0.1, 0.15) is 32.7 Å². The lowest BCUT2D eigenvalue weighted by atomic mass is 9.86. The molecule has 3 aromatic carbocycles. The summed E-state index contributed by atoms with van der Waals surface area (Å²) < 4.78 is 56.5. The first-order valence-electron chi connectivity index (χ1n) is 10.8. The summed E-state index contributed by atoms with van der Waals surface area (Å²) in [6, 6.07) is 10.4. The highest BCUT2D eigenvalue weighted by molar-refractivity contribution is 6.34. The summed E-state index contributed by atoms with van der Waals surface area (Å²) in [4.78, 5) is 26.8. The van der Waals surface area contributed by atoms with Crippen LogP contribution in [0.2, 0.25) is 10.0 Å². The van der Waals surface area contributed by atoms with Crippen LogP contribution in [0.5, 0.6) is 0 Å². The summed E-state index contributed by atoms with van der Waals surface area (Å²) >= 11 is 11.8. The highest BCUT2D eigenvalue weighted by Crippen LogP contribution is 2.47. The van der Waals surface area contributed by atoms with Gasteiger partial charge in [-0.15, -0.1) is 0 Å². The molecule has 37 heavy (non-hydrogen) atoms. The molecule has 2 amide bonds. The molecule has 1 heterocycles. The number of fused-ring (bicyclic) bond motifs is 1. The summed E-state index contributed by atoms with van der Waals surface area (Å²) in [5.74, 6) is -7.76. The van der Waals surface area contributed by atoms with E-state index in [1.54, 1.807) is 0 Å². The zero-order valence-corrected chi connectivity index (χ0v) is 20.3. The molecule has 0 saturated heterocycles. The summed E-state index contributed by atoms with van der Waals surface area (Å²) in [6.07, 6.45) is -0.939. The van der Waals surface area contributed by atoms with Crippen molar-refractivity contribution in [1.82, 2.24) is 0 Å². The van der Waals surface area contributed by atoms with Crippen molar-refractivity contribution in [3.8, 4) is 0 Å². The summed E-state index contributed by atoms with van der Waals surface area (Å²) in [7, 11) is 0. The van der Waals surface area contributed by atoms with E-state index in [0.29, 0.717) is 12.1 Å². The summed E-state index contributed by atoms with van der Waals surface area (Å²) in [5.41, 5.74) is -3.47. The van der Waals surface area contributed by atoms with Gasteiger partial charge in [0.25, 0.3) is 17.7 Å². The van der Waals surface area contributed by atoms with Crippen LogP contribution >= 0.6 is 23.2 Å². The molecule has 0 radical (unpaired) electrons. The van der Waals surface area contributed by atoms with Gasteiger partial charge in [-0.2, -0.15) is 0 Å². The maximum atomic E-state index is 14.9. The van der Waals surface area contributed by atoms with Crippen LogP contribution in [0, 0.1) is 11.6 Å². The first-order chi connectivity index (χ1) is 17.4. The number of aliphatic hydroxyl groups is 2. The standard InChI is InChI=1S/C25H18Cl2F4N2O4/c26-14-3-6-21-17(9-14)24(37,12-34)25(30,31)7-8-33(21)23(36)13-1-4-15(5-2-13)32-22(35)16-10-19(28)20(29)11-18(16)27/h1-6,9-11,34,37H,7-8,12H2,(H,32,35)/t24-/m0/s1. The number of aliphatic hydroxyl groups excluding tert-OH is 1. The van der Waals surface area contributed by atoms with Gasteiger partial charge in [0.1, 0.15) is 0 Å². The quantitative estimate of drug-likeness (QED) is 0.297. The summed E-state index contributed by atoms with van der Waals surface area (Å²) in [5, 5.41) is 22.5. The van der Waals surface area contributed by atoms with E-state index >= 15 is 0 Å². The second-order valence-corrected chi connectivity index (χ2v) is 9.21. The fourth-order valence-corrected chi connectivity index (χ4v) is 4.42. The molecule has 0 fully saturated rings. The minimum atomic E-state index is -3.77. The number of amides is 2. The van der Waals surface area contributed by atoms with Crippen molar-refractivity contribution >= 4 is 46.4 Å². The number of hydrogen-bond donors (Lipinski definition) is 3. The number of nitrogens with zero attached hydrogens (tertiary/aromatic N) is 1. The Hall–Kier alpha value is -3.18. The largest absolute Gasteiger partial charge is 0.393 e. The van der Waals surface area contributed by atoms with Crippen molar-refractivity contribution in [3.05, 3.63) is 93.0 Å². The Morgan fingerprint density at radius 3 is 2.30 bits per heavy atom. The Morgan fingerprint density at radius 1 is 1.00 bits per heavy atom. The predicted octanol–water partition coefficient (Wildman–Crippen LogP) is 5.39. The average molecular weight is 557 g/mol. The van der Waals surface area contributed by atoms with Crippen molar-refractivity contribution in [2.75, 3.05) is 23.4 Å². The molecule has 0 saturated carbocycles. The molecule has 3 aromatic rings. The molecule has 12 heteroatoms. The fraction of sp³-hybridized carbons (Fsp3) is 0.200. The molecular weight excluding hydrogens is 539 g/mol. The van der Waals surface area contributed by atoms with E-state index < -0.39 is 60.1 Å². The second kappa shape index (κ2) is 9.94. The molecule has 0 bridgehead atoms. The number of hydrogen-bond acceptors (Lipinski definition) is 4. The zero-order valence-electron chi connectivity index (χ0n) is 18.7. The van der Waals surface area contributed by atoms with E-state index in [2.05, 4.69) is 5.32 Å². The highest BCUT2D eigenvalue weighted by atomic mass is 35.5. The maximum absolute atomic E-state index is 14.9. The predicted molar refractivity (Wildman–Crippen MR) is 129 cm³/mol. The lowest BCUT2D eigenvalue weighted by Crippen LogP contribution is -2.48. The number of carbonyl (C=O) groups is 2. The van der Waals surface area contributed by atoms with Gasteiger partial charge in [0, 0.05) is 34.8 Å². The third kappa shape index (κ3) is 4.89. The molecule has 1 aliphatic rings. The van der Waals surface area contributed by atoms with Gasteiger partial charge in [-0.05, 0) is 54.6 Å². The molecule has 0 aliphatic carbocycles. The van der Waals surface area contributed by atoms with Gasteiger partial charge < -0.3 is 20.4 Å². The number of carbonyl (C=O) groups excluding carboxylic acids is 2. The van der Waals surface area contributed by atoms with Crippen LogP contribution in [0.3, 0.4) is 0 Å². The van der Waals surface area contributed by atoms with E-state index in [9.17, 15) is 37.4 Å². The van der Waals surface area contributed by atoms with E-state index in [1.165, 1.54) is 36.4 Å². The van der Waals surface area contributed by atoms with E-state index in [1.807, 2.05) is 0 Å². The minimum absolute atomic E-state index is 0.0250. The van der Waals surface area contributed by atoms with Crippen LogP contribution in [-0.2, 0) is 5.60 Å². The van der Waals surface area contributed by atoms with Crippen LogP contribution in [0.15, 0.2) is 54.6 Å². The lowest BCUT2D eigenvalue weighted by molar-refractivity contribution is -0.205. The number of anilines is 2. The van der Waals surface area contributed by atoms with Gasteiger partial charge in [0.05, 0.1) is 22.9 Å². The summed E-state index contributed by atoms with van der Waals surface area (Å²) in [6.45, 7) is -1.78. The zero-order chi connectivity index (χ0) is 27.1. The van der Waals surface area contributed by atoms with Crippen molar-refractivity contribution in [2.45, 2.75) is 17.9 Å². The topological polar surface area (TPSA) is 89.9 Å². The molecule has 3 N–H and O–H groups in total. The number of alkyl halides is 2. The molecule has 1 atom stereocenters. The Bertz CT molecular complexity index is 1390. The smallest absolute Gasteiger partial charge is 0.284 e. The molecule has 4 rings (SSSR count). The molecule has 0 unspecified atom stereocenters. The van der Waals surface area contributed by atoms with Crippen LogP contribution in [0.4, 0.5) is 28.9 Å². The molecular formula is C25H18Cl2F4N2O4. The molecule has 1 aliphatic heterocycles. The number of nitrogens with one attached hydrogen (secondary N) is 1. The van der Waals surface area contributed by atoms with Gasteiger partial charge in [-0.1, -0.05) is 23.2 Å². The highest BCUT2D eigenvalue weighted by Gasteiger charge is 2.56. The second-order valence-electron chi connectivity index (χ2n) is 8.37. The minimum Gasteiger partial charge on any atom is -0.393 e. The van der Waals surface area contributed by atoms with Crippen molar-refractivity contribution < 1.29 is 37.4 Å². The van der Waals surface area contributed by atoms with E-state index in [4.69, 9.17) is 23.2 Å². The van der Waals surface area contributed by atoms with E-state index in [0.717, 1.165) is 11.0 Å². The normalized spacial score (nSPS) is 18.6.